The minimum absolute atomic E-state index is 0.381. The molecule has 5 heteroatoms. The molecule has 1 aliphatic heterocycles. The molecule has 1 aliphatic rings. The number of hydrogen-bond donors (Lipinski definition) is 1. The van der Waals surface area contributed by atoms with Crippen LogP contribution in [0.25, 0.3) is 0 Å². The van der Waals surface area contributed by atoms with Gasteiger partial charge in [0.15, 0.2) is 0 Å². The molecule has 1 saturated heterocycles. The van der Waals surface area contributed by atoms with Gasteiger partial charge in [-0.25, -0.2) is 0 Å². The molecule has 0 radical (unpaired) electrons. The van der Waals surface area contributed by atoms with E-state index >= 15 is 0 Å². The fourth-order valence-corrected chi connectivity index (χ4v) is 3.43. The van der Waals surface area contributed by atoms with Crippen LogP contribution in [0.1, 0.15) is 11.3 Å². The van der Waals surface area contributed by atoms with E-state index < -0.39 is 0 Å². The fraction of sp³-hybridized carbons (Fsp3) is 0.733. The molecule has 1 aromatic heterocycles. The Morgan fingerprint density at radius 3 is 3.10 bits per heavy atom. The van der Waals surface area contributed by atoms with Gasteiger partial charge in [-0.05, 0) is 44.4 Å². The molecule has 0 aliphatic carbocycles. The first-order valence-corrected chi connectivity index (χ1v) is 8.16. The Morgan fingerprint density at radius 1 is 1.55 bits per heavy atom. The summed E-state index contributed by atoms with van der Waals surface area (Å²) in [4.78, 5) is 5.81. The first-order valence-electron chi connectivity index (χ1n) is 7.28. The zero-order valence-corrected chi connectivity index (χ0v) is 13.3. The van der Waals surface area contributed by atoms with Crippen molar-refractivity contribution in [1.82, 2.24) is 9.80 Å². The van der Waals surface area contributed by atoms with Gasteiger partial charge in [-0.15, -0.1) is 11.3 Å². The van der Waals surface area contributed by atoms with Crippen LogP contribution in [0.5, 0.6) is 0 Å². The van der Waals surface area contributed by atoms with E-state index in [9.17, 15) is 5.11 Å². The molecule has 2 rings (SSSR count). The number of aliphatic hydroxyl groups is 1. The minimum Gasteiger partial charge on any atom is -0.389 e. The second kappa shape index (κ2) is 8.10. The predicted molar refractivity (Wildman–Crippen MR) is 83.1 cm³/mol. The van der Waals surface area contributed by atoms with Crippen LogP contribution in [0, 0.1) is 5.92 Å². The van der Waals surface area contributed by atoms with Crippen molar-refractivity contribution < 1.29 is 9.84 Å². The van der Waals surface area contributed by atoms with E-state index in [0.29, 0.717) is 13.2 Å². The largest absolute Gasteiger partial charge is 0.389 e. The van der Waals surface area contributed by atoms with Crippen LogP contribution in [0.2, 0.25) is 0 Å². The minimum atomic E-state index is -0.381. The molecule has 1 aromatic rings. The molecule has 0 spiro atoms. The third kappa shape index (κ3) is 5.50. The topological polar surface area (TPSA) is 35.9 Å². The van der Waals surface area contributed by atoms with E-state index in [1.165, 1.54) is 11.3 Å². The van der Waals surface area contributed by atoms with Gasteiger partial charge < -0.3 is 19.6 Å². The molecule has 0 unspecified atom stereocenters. The molecular weight excluding hydrogens is 272 g/mol. The van der Waals surface area contributed by atoms with Crippen LogP contribution >= 0.6 is 11.3 Å². The second-order valence-corrected chi connectivity index (χ2v) is 6.96. The van der Waals surface area contributed by atoms with E-state index in [1.807, 2.05) is 11.4 Å². The van der Waals surface area contributed by atoms with Crippen molar-refractivity contribution in [3.8, 4) is 0 Å². The van der Waals surface area contributed by atoms with Crippen molar-refractivity contribution in [3.05, 3.63) is 22.4 Å². The van der Waals surface area contributed by atoms with Gasteiger partial charge in [0.2, 0.25) is 0 Å². The summed E-state index contributed by atoms with van der Waals surface area (Å²) < 4.78 is 5.57. The van der Waals surface area contributed by atoms with Crippen LogP contribution < -0.4 is 0 Å². The van der Waals surface area contributed by atoms with Crippen molar-refractivity contribution in [3.63, 3.8) is 0 Å². The number of ether oxygens (including phenoxy) is 1. The molecule has 2 heterocycles. The predicted octanol–water partition coefficient (Wildman–Crippen LogP) is 1.51. The van der Waals surface area contributed by atoms with Crippen LogP contribution in [-0.4, -0.2) is 67.9 Å². The van der Waals surface area contributed by atoms with Crippen molar-refractivity contribution >= 4 is 11.3 Å². The van der Waals surface area contributed by atoms with E-state index in [2.05, 4.69) is 30.0 Å². The normalized spacial score (nSPS) is 21.7. The highest BCUT2D eigenvalue weighted by Gasteiger charge is 2.24. The number of likely N-dealkylation sites (tertiary alicyclic amines) is 1. The van der Waals surface area contributed by atoms with Gasteiger partial charge in [-0.3, -0.25) is 0 Å². The highest BCUT2D eigenvalue weighted by atomic mass is 32.1. The molecule has 4 nitrogen and oxygen atoms in total. The van der Waals surface area contributed by atoms with Gasteiger partial charge in [-0.2, -0.15) is 0 Å². The molecule has 0 aromatic carbocycles. The maximum absolute atomic E-state index is 10.0. The quantitative estimate of drug-likeness (QED) is 0.789. The van der Waals surface area contributed by atoms with E-state index in [0.717, 1.165) is 32.1 Å². The van der Waals surface area contributed by atoms with Gasteiger partial charge in [-0.1, -0.05) is 6.07 Å². The van der Waals surface area contributed by atoms with Crippen molar-refractivity contribution in [1.29, 1.82) is 0 Å². The average Bonchev–Trinajstić information content (AvgIpc) is 3.00. The van der Waals surface area contributed by atoms with Crippen molar-refractivity contribution in [2.75, 3.05) is 46.9 Å². The van der Waals surface area contributed by atoms with Crippen LogP contribution in [0.4, 0.5) is 0 Å². The third-order valence-electron chi connectivity index (χ3n) is 3.60. The monoisotopic (exact) mass is 298 g/mol. The van der Waals surface area contributed by atoms with Crippen LogP contribution in [0.3, 0.4) is 0 Å². The third-order valence-corrected chi connectivity index (χ3v) is 4.45. The van der Waals surface area contributed by atoms with Crippen LogP contribution in [0.15, 0.2) is 17.5 Å². The first kappa shape index (κ1) is 15.9. The molecule has 0 amide bonds. The van der Waals surface area contributed by atoms with E-state index in [1.54, 1.807) is 11.3 Å². The Morgan fingerprint density at radius 2 is 2.40 bits per heavy atom. The number of aliphatic hydroxyl groups excluding tert-OH is 1. The summed E-state index contributed by atoms with van der Waals surface area (Å²) in [6.45, 7) is 5.10. The molecule has 0 bridgehead atoms. The van der Waals surface area contributed by atoms with Gasteiger partial charge in [0, 0.05) is 24.5 Å². The standard InChI is InChI=1S/C15H26N2O2S/c1-16(2)8-13-5-6-17(9-13)10-14(18)11-19-12-15-4-3-7-20-15/h3-4,7,13-14,18H,5-6,8-12H2,1-2H3/t13-,14-/m1/s1. The summed E-state index contributed by atoms with van der Waals surface area (Å²) in [5, 5.41) is 12.1. The zero-order valence-electron chi connectivity index (χ0n) is 12.5. The summed E-state index contributed by atoms with van der Waals surface area (Å²) in [6.07, 6.45) is 0.856. The Kier molecular flexibility index (Phi) is 6.45. The van der Waals surface area contributed by atoms with Gasteiger partial charge in [0.05, 0.1) is 19.3 Å². The van der Waals surface area contributed by atoms with Gasteiger partial charge in [0.1, 0.15) is 0 Å². The second-order valence-electron chi connectivity index (χ2n) is 5.92. The number of hydrogen-bond acceptors (Lipinski definition) is 5. The summed E-state index contributed by atoms with van der Waals surface area (Å²) in [7, 11) is 4.24. The highest BCUT2D eigenvalue weighted by Crippen LogP contribution is 2.17. The lowest BCUT2D eigenvalue weighted by Gasteiger charge is -2.21. The maximum Gasteiger partial charge on any atom is 0.0900 e. The molecule has 114 valence electrons. The number of thiophene rings is 1. The number of nitrogens with zero attached hydrogens (tertiary/aromatic N) is 2. The van der Waals surface area contributed by atoms with Crippen molar-refractivity contribution in [2.24, 2.45) is 5.92 Å². The Hall–Kier alpha value is -0.460. The lowest BCUT2D eigenvalue weighted by atomic mass is 10.1. The lowest BCUT2D eigenvalue weighted by molar-refractivity contribution is 0.0136. The average molecular weight is 298 g/mol. The maximum atomic E-state index is 10.0. The Balaban J connectivity index is 1.59. The summed E-state index contributed by atoms with van der Waals surface area (Å²) in [5.74, 6) is 0.740. The number of rotatable bonds is 8. The molecule has 1 N–H and O–H groups in total. The lowest BCUT2D eigenvalue weighted by Crippen LogP contribution is -2.34. The molecule has 2 atom stereocenters. The number of β-amino-alcohol motifs (C(OH)–C–C–N with tert-alkyl or cyclic N) is 1. The molecular formula is C15H26N2O2S. The molecule has 20 heavy (non-hydrogen) atoms. The van der Waals surface area contributed by atoms with Gasteiger partial charge in [0.25, 0.3) is 0 Å². The summed E-state index contributed by atoms with van der Waals surface area (Å²) in [5.41, 5.74) is 0. The Bertz CT molecular complexity index is 370. The van der Waals surface area contributed by atoms with E-state index in [4.69, 9.17) is 4.74 Å². The molecule has 1 fully saturated rings. The summed E-state index contributed by atoms with van der Waals surface area (Å²) >= 11 is 1.69. The fourth-order valence-electron chi connectivity index (χ4n) is 2.79. The SMILES string of the molecule is CN(C)C[C@H]1CCN(C[C@@H](O)COCc2cccs2)C1. The zero-order chi connectivity index (χ0) is 14.4. The Labute approximate surface area is 126 Å². The van der Waals surface area contributed by atoms with Gasteiger partial charge >= 0.3 is 0 Å². The van der Waals surface area contributed by atoms with E-state index in [-0.39, 0.29) is 6.10 Å². The summed E-state index contributed by atoms with van der Waals surface area (Å²) in [6, 6.07) is 4.08. The van der Waals surface area contributed by atoms with Crippen LogP contribution in [-0.2, 0) is 11.3 Å². The smallest absolute Gasteiger partial charge is 0.0900 e. The van der Waals surface area contributed by atoms with Crippen molar-refractivity contribution in [2.45, 2.75) is 19.1 Å². The first-order chi connectivity index (χ1) is 9.63. The molecule has 0 saturated carbocycles. The highest BCUT2D eigenvalue weighted by molar-refractivity contribution is 7.09.